The lowest BCUT2D eigenvalue weighted by atomic mass is 9.47. The van der Waals surface area contributed by atoms with Crippen molar-refractivity contribution in [1.82, 2.24) is 4.98 Å². The number of fused-ring (bicyclic) bond motifs is 5. The predicted molar refractivity (Wildman–Crippen MR) is 144 cm³/mol. The fraction of sp³-hybridized carbons (Fsp3) is 0.724. The third-order valence-electron chi connectivity index (χ3n) is 10.6. The fourth-order valence-electron chi connectivity index (χ4n) is 8.78. The summed E-state index contributed by atoms with van der Waals surface area (Å²) in [6.45, 7) is 9.40. The number of aliphatic hydroxyl groups is 1. The van der Waals surface area contributed by atoms with E-state index in [4.69, 9.17) is 10.5 Å². The number of hydrogen-bond acceptors (Lipinski definition) is 6. The first-order valence-electron chi connectivity index (χ1n) is 14.0. The minimum Gasteiger partial charge on any atom is -0.450 e. The number of hydrogen-bond donors (Lipinski definition) is 4. The van der Waals surface area contributed by atoms with Crippen LogP contribution in [0, 0.1) is 34.5 Å². The number of amides is 1. The molecule has 3 fully saturated rings. The van der Waals surface area contributed by atoms with Gasteiger partial charge in [0.2, 0.25) is 0 Å². The molecule has 0 saturated heterocycles. The summed E-state index contributed by atoms with van der Waals surface area (Å²) in [5, 5.41) is 16.6. The molecule has 3 saturated carbocycles. The van der Waals surface area contributed by atoms with Gasteiger partial charge in [0.15, 0.2) is 0 Å². The van der Waals surface area contributed by atoms with Crippen LogP contribution in [-0.4, -0.2) is 34.9 Å². The standard InChI is InChI=1S/C29H44N4O3/c1-5-36-27(35)32-24-10-11-25(33-26(24)30)31-17(2)21-8-9-22-20-7-6-18-16-19(34)12-14-28(18,3)23(20)13-15-29(21,22)4/h6,10-11,17,19-23,34H,5,7-9,12-16H2,1-4H3,(H,32,35)(H3,30,31,33). The van der Waals surface area contributed by atoms with E-state index in [-0.39, 0.29) is 23.4 Å². The van der Waals surface area contributed by atoms with Gasteiger partial charge in [-0.05, 0) is 112 Å². The van der Waals surface area contributed by atoms with Crippen LogP contribution < -0.4 is 16.4 Å². The van der Waals surface area contributed by atoms with Crippen molar-refractivity contribution < 1.29 is 14.6 Å². The molecule has 1 aromatic rings. The third kappa shape index (κ3) is 4.27. The second-order valence-electron chi connectivity index (χ2n) is 12.3. The smallest absolute Gasteiger partial charge is 0.411 e. The zero-order valence-corrected chi connectivity index (χ0v) is 22.3. The zero-order valence-electron chi connectivity index (χ0n) is 22.3. The molecule has 1 heterocycles. The number of allylic oxidation sites excluding steroid dienone is 1. The number of nitrogens with two attached hydrogens (primary N) is 1. The van der Waals surface area contributed by atoms with E-state index >= 15 is 0 Å². The lowest BCUT2D eigenvalue weighted by Gasteiger charge is -2.58. The predicted octanol–water partition coefficient (Wildman–Crippen LogP) is 5.97. The van der Waals surface area contributed by atoms with E-state index in [1.807, 2.05) is 6.07 Å². The Morgan fingerprint density at radius 3 is 2.78 bits per heavy atom. The van der Waals surface area contributed by atoms with E-state index in [0.29, 0.717) is 23.6 Å². The van der Waals surface area contributed by atoms with E-state index in [2.05, 4.69) is 42.5 Å². The Balaban J connectivity index is 1.28. The van der Waals surface area contributed by atoms with Crippen LogP contribution in [-0.2, 0) is 4.74 Å². The van der Waals surface area contributed by atoms with Crippen LogP contribution >= 0.6 is 0 Å². The molecular weight excluding hydrogens is 452 g/mol. The molecule has 5 N–H and O–H groups in total. The second-order valence-corrected chi connectivity index (χ2v) is 12.3. The highest BCUT2D eigenvalue weighted by molar-refractivity contribution is 5.88. The van der Waals surface area contributed by atoms with Gasteiger partial charge in [0, 0.05) is 6.04 Å². The van der Waals surface area contributed by atoms with Crippen molar-refractivity contribution >= 4 is 23.4 Å². The average molecular weight is 497 g/mol. The molecule has 7 heteroatoms. The Bertz CT molecular complexity index is 1030. The van der Waals surface area contributed by atoms with Gasteiger partial charge in [-0.1, -0.05) is 25.5 Å². The molecule has 1 amide bonds. The van der Waals surface area contributed by atoms with Crippen molar-refractivity contribution in [2.45, 2.75) is 91.2 Å². The van der Waals surface area contributed by atoms with Gasteiger partial charge in [-0.3, -0.25) is 5.32 Å². The number of nitrogens with zero attached hydrogens (tertiary/aromatic N) is 1. The normalized spacial score (nSPS) is 38.1. The largest absolute Gasteiger partial charge is 0.450 e. The van der Waals surface area contributed by atoms with Gasteiger partial charge in [0.1, 0.15) is 11.6 Å². The molecule has 0 radical (unpaired) electrons. The van der Waals surface area contributed by atoms with Crippen LogP contribution in [0.2, 0.25) is 0 Å². The number of aromatic nitrogens is 1. The van der Waals surface area contributed by atoms with E-state index < -0.39 is 6.09 Å². The van der Waals surface area contributed by atoms with E-state index in [1.165, 1.54) is 32.1 Å². The van der Waals surface area contributed by atoms with Gasteiger partial charge in [-0.25, -0.2) is 9.78 Å². The van der Waals surface area contributed by atoms with Crippen molar-refractivity contribution in [3.8, 4) is 0 Å². The summed E-state index contributed by atoms with van der Waals surface area (Å²) in [6, 6.07) is 3.95. The maximum Gasteiger partial charge on any atom is 0.411 e. The Morgan fingerprint density at radius 2 is 2.03 bits per heavy atom. The van der Waals surface area contributed by atoms with Crippen LogP contribution in [0.4, 0.5) is 22.1 Å². The molecule has 0 aromatic carbocycles. The molecule has 8 atom stereocenters. The molecule has 7 nitrogen and oxygen atoms in total. The average Bonchev–Trinajstić information content (AvgIpc) is 3.19. The van der Waals surface area contributed by atoms with Crippen LogP contribution in [0.15, 0.2) is 23.8 Å². The number of nitrogen functional groups attached to an aromatic ring is 1. The summed E-state index contributed by atoms with van der Waals surface area (Å²) in [7, 11) is 0. The summed E-state index contributed by atoms with van der Waals surface area (Å²) in [6.07, 6.45) is 11.1. The summed E-state index contributed by atoms with van der Waals surface area (Å²) >= 11 is 0. The lowest BCUT2D eigenvalue weighted by molar-refractivity contribution is -0.0512. The lowest BCUT2D eigenvalue weighted by Crippen LogP contribution is -2.51. The number of rotatable bonds is 5. The highest BCUT2D eigenvalue weighted by atomic mass is 16.5. The van der Waals surface area contributed by atoms with Gasteiger partial charge >= 0.3 is 6.09 Å². The topological polar surface area (TPSA) is 110 Å². The van der Waals surface area contributed by atoms with Gasteiger partial charge in [0.25, 0.3) is 0 Å². The molecule has 0 spiro atoms. The van der Waals surface area contributed by atoms with E-state index in [9.17, 15) is 9.90 Å². The van der Waals surface area contributed by atoms with Gasteiger partial charge in [-0.15, -0.1) is 0 Å². The van der Waals surface area contributed by atoms with Crippen LogP contribution in [0.1, 0.15) is 79.1 Å². The minimum atomic E-state index is -0.524. The van der Waals surface area contributed by atoms with Crippen molar-refractivity contribution in [3.05, 3.63) is 23.8 Å². The number of pyridine rings is 1. The summed E-state index contributed by atoms with van der Waals surface area (Å²) in [5.41, 5.74) is 8.74. The number of carbonyl (C=O) groups is 1. The van der Waals surface area contributed by atoms with Gasteiger partial charge < -0.3 is 20.9 Å². The molecule has 5 rings (SSSR count). The van der Waals surface area contributed by atoms with Crippen LogP contribution in [0.25, 0.3) is 0 Å². The molecular formula is C29H44N4O3. The number of ether oxygens (including phenoxy) is 1. The van der Waals surface area contributed by atoms with Crippen molar-refractivity contribution in [3.63, 3.8) is 0 Å². The Morgan fingerprint density at radius 1 is 1.22 bits per heavy atom. The molecule has 4 aliphatic carbocycles. The van der Waals surface area contributed by atoms with Gasteiger partial charge in [0.05, 0.1) is 18.4 Å². The summed E-state index contributed by atoms with van der Waals surface area (Å²) < 4.78 is 4.94. The number of nitrogens with one attached hydrogen (secondary N) is 2. The van der Waals surface area contributed by atoms with Gasteiger partial charge in [-0.2, -0.15) is 0 Å². The maximum atomic E-state index is 11.7. The third-order valence-corrected chi connectivity index (χ3v) is 10.6. The summed E-state index contributed by atoms with van der Waals surface area (Å²) in [5.74, 6) is 3.87. The second kappa shape index (κ2) is 9.55. The minimum absolute atomic E-state index is 0.143. The highest BCUT2D eigenvalue weighted by Gasteiger charge is 2.59. The summed E-state index contributed by atoms with van der Waals surface area (Å²) in [4.78, 5) is 16.3. The van der Waals surface area contributed by atoms with E-state index in [1.54, 1.807) is 18.6 Å². The first kappa shape index (κ1) is 25.4. The van der Waals surface area contributed by atoms with Crippen LogP contribution in [0.3, 0.4) is 0 Å². The SMILES string of the molecule is CCOC(=O)Nc1ccc(NC(C)C2CCC3C4CC=C5CC(O)CCC5(C)C4CCC23C)nc1N. The molecule has 36 heavy (non-hydrogen) atoms. The van der Waals surface area contributed by atoms with Crippen LogP contribution in [0.5, 0.6) is 0 Å². The number of anilines is 3. The van der Waals surface area contributed by atoms with Crippen molar-refractivity contribution in [1.29, 1.82) is 0 Å². The molecule has 198 valence electrons. The number of aliphatic hydroxyl groups excluding tert-OH is 1. The number of carbonyl (C=O) groups excluding carboxylic acids is 1. The monoisotopic (exact) mass is 496 g/mol. The first-order valence-corrected chi connectivity index (χ1v) is 14.0. The van der Waals surface area contributed by atoms with E-state index in [0.717, 1.165) is 42.8 Å². The molecule has 8 unspecified atom stereocenters. The maximum absolute atomic E-state index is 11.7. The van der Waals surface area contributed by atoms with Crippen molar-refractivity contribution in [2.75, 3.05) is 23.0 Å². The molecule has 0 aliphatic heterocycles. The Labute approximate surface area is 215 Å². The Hall–Kier alpha value is -2.28. The Kier molecular flexibility index (Phi) is 6.73. The van der Waals surface area contributed by atoms with Crippen molar-refractivity contribution in [2.24, 2.45) is 34.5 Å². The molecule has 4 aliphatic rings. The fourth-order valence-corrected chi connectivity index (χ4v) is 8.78. The highest BCUT2D eigenvalue weighted by Crippen LogP contribution is 2.66. The first-order chi connectivity index (χ1) is 17.2. The molecule has 0 bridgehead atoms. The quantitative estimate of drug-likeness (QED) is 0.374. The zero-order chi connectivity index (χ0) is 25.7. The molecule has 1 aromatic heterocycles.